The molecule has 0 radical (unpaired) electrons. The standard InChI is InChI=1S/C15H23N3O/c1-3-8-16-13-6-7-14(17-10-13)15(19)18-11(2)9-12-4-5-12/h6-7,10-12,16H,3-5,8-9H2,1-2H3,(H,18,19). The van der Waals surface area contributed by atoms with E-state index in [9.17, 15) is 4.79 Å². The maximum absolute atomic E-state index is 12.0. The summed E-state index contributed by atoms with van der Waals surface area (Å²) in [6, 6.07) is 3.92. The minimum atomic E-state index is -0.0739. The highest BCUT2D eigenvalue weighted by Gasteiger charge is 2.24. The lowest BCUT2D eigenvalue weighted by atomic mass is 10.1. The maximum atomic E-state index is 12.0. The Hall–Kier alpha value is -1.58. The van der Waals surface area contributed by atoms with Gasteiger partial charge in [-0.3, -0.25) is 4.79 Å². The number of nitrogens with zero attached hydrogens (tertiary/aromatic N) is 1. The molecule has 1 aliphatic carbocycles. The zero-order chi connectivity index (χ0) is 13.7. The molecule has 0 aliphatic heterocycles. The third-order valence-corrected chi connectivity index (χ3v) is 3.34. The molecule has 1 fully saturated rings. The fourth-order valence-electron chi connectivity index (χ4n) is 2.11. The van der Waals surface area contributed by atoms with Gasteiger partial charge in [-0.25, -0.2) is 4.98 Å². The van der Waals surface area contributed by atoms with Crippen molar-refractivity contribution in [1.82, 2.24) is 10.3 Å². The van der Waals surface area contributed by atoms with Crippen molar-refractivity contribution in [2.75, 3.05) is 11.9 Å². The Kier molecular flexibility index (Phi) is 4.77. The molecule has 1 aromatic heterocycles. The minimum absolute atomic E-state index is 0.0739. The number of nitrogens with one attached hydrogen (secondary N) is 2. The minimum Gasteiger partial charge on any atom is -0.384 e. The molecule has 1 amide bonds. The van der Waals surface area contributed by atoms with Crippen molar-refractivity contribution in [3.05, 3.63) is 24.0 Å². The molecule has 0 saturated heterocycles. The van der Waals surface area contributed by atoms with Gasteiger partial charge in [-0.1, -0.05) is 19.8 Å². The monoisotopic (exact) mass is 261 g/mol. The Morgan fingerprint density at radius 2 is 2.26 bits per heavy atom. The van der Waals surface area contributed by atoms with E-state index in [1.54, 1.807) is 12.3 Å². The molecule has 1 unspecified atom stereocenters. The van der Waals surface area contributed by atoms with Crippen LogP contribution in [0.5, 0.6) is 0 Å². The average molecular weight is 261 g/mol. The Morgan fingerprint density at radius 3 is 2.84 bits per heavy atom. The van der Waals surface area contributed by atoms with E-state index in [4.69, 9.17) is 0 Å². The lowest BCUT2D eigenvalue weighted by Crippen LogP contribution is -2.33. The molecule has 4 nitrogen and oxygen atoms in total. The average Bonchev–Trinajstić information content (AvgIpc) is 3.20. The number of pyridine rings is 1. The predicted octanol–water partition coefficient (Wildman–Crippen LogP) is 2.82. The second-order valence-electron chi connectivity index (χ2n) is 5.41. The van der Waals surface area contributed by atoms with Gasteiger partial charge in [0.25, 0.3) is 5.91 Å². The highest BCUT2D eigenvalue weighted by molar-refractivity contribution is 5.92. The molecule has 1 atom stereocenters. The molecule has 1 aromatic rings. The van der Waals surface area contributed by atoms with Crippen LogP contribution in [0, 0.1) is 5.92 Å². The van der Waals surface area contributed by atoms with E-state index < -0.39 is 0 Å². The van der Waals surface area contributed by atoms with Gasteiger partial charge >= 0.3 is 0 Å². The van der Waals surface area contributed by atoms with E-state index in [1.807, 2.05) is 6.07 Å². The summed E-state index contributed by atoms with van der Waals surface area (Å²) >= 11 is 0. The van der Waals surface area contributed by atoms with E-state index in [0.717, 1.165) is 31.0 Å². The molecule has 2 rings (SSSR count). The Balaban J connectivity index is 1.83. The SMILES string of the molecule is CCCNc1ccc(C(=O)NC(C)CC2CC2)nc1. The summed E-state index contributed by atoms with van der Waals surface area (Å²) in [4.78, 5) is 16.2. The first-order valence-corrected chi connectivity index (χ1v) is 7.19. The van der Waals surface area contributed by atoms with Crippen molar-refractivity contribution in [2.24, 2.45) is 5.92 Å². The maximum Gasteiger partial charge on any atom is 0.270 e. The van der Waals surface area contributed by atoms with Gasteiger partial charge in [0.1, 0.15) is 5.69 Å². The van der Waals surface area contributed by atoms with Crippen LogP contribution < -0.4 is 10.6 Å². The molecular formula is C15H23N3O. The molecule has 19 heavy (non-hydrogen) atoms. The number of carbonyl (C=O) groups is 1. The van der Waals surface area contributed by atoms with Crippen LogP contribution in [-0.2, 0) is 0 Å². The third-order valence-electron chi connectivity index (χ3n) is 3.34. The Morgan fingerprint density at radius 1 is 1.47 bits per heavy atom. The number of hydrogen-bond acceptors (Lipinski definition) is 3. The molecule has 4 heteroatoms. The second kappa shape index (κ2) is 6.55. The summed E-state index contributed by atoms with van der Waals surface area (Å²) in [5, 5.41) is 6.25. The van der Waals surface area contributed by atoms with Gasteiger partial charge in [0.15, 0.2) is 0 Å². The van der Waals surface area contributed by atoms with E-state index in [1.165, 1.54) is 12.8 Å². The summed E-state index contributed by atoms with van der Waals surface area (Å²) < 4.78 is 0. The van der Waals surface area contributed by atoms with Crippen LogP contribution >= 0.6 is 0 Å². The molecule has 1 aliphatic rings. The molecule has 0 spiro atoms. The van der Waals surface area contributed by atoms with Crippen LogP contribution in [0.25, 0.3) is 0 Å². The van der Waals surface area contributed by atoms with Crippen LogP contribution in [0.1, 0.15) is 50.0 Å². The lowest BCUT2D eigenvalue weighted by molar-refractivity contribution is 0.0932. The first-order chi connectivity index (χ1) is 9.19. The number of anilines is 1. The van der Waals surface area contributed by atoms with Crippen molar-refractivity contribution in [3.8, 4) is 0 Å². The quantitative estimate of drug-likeness (QED) is 0.793. The number of carbonyl (C=O) groups excluding carboxylic acids is 1. The number of aromatic nitrogens is 1. The van der Waals surface area contributed by atoms with Crippen LogP contribution in [0.4, 0.5) is 5.69 Å². The Labute approximate surface area is 115 Å². The summed E-state index contributed by atoms with van der Waals surface area (Å²) in [6.45, 7) is 5.10. The molecule has 104 valence electrons. The summed E-state index contributed by atoms with van der Waals surface area (Å²) in [7, 11) is 0. The zero-order valence-corrected chi connectivity index (χ0v) is 11.8. The van der Waals surface area contributed by atoms with Gasteiger partial charge in [-0.05, 0) is 37.8 Å². The van der Waals surface area contributed by atoms with Crippen molar-refractivity contribution in [3.63, 3.8) is 0 Å². The largest absolute Gasteiger partial charge is 0.384 e. The van der Waals surface area contributed by atoms with Crippen LogP contribution in [0.3, 0.4) is 0 Å². The van der Waals surface area contributed by atoms with Gasteiger partial charge in [-0.15, -0.1) is 0 Å². The van der Waals surface area contributed by atoms with Gasteiger partial charge in [0.2, 0.25) is 0 Å². The molecule has 1 heterocycles. The lowest BCUT2D eigenvalue weighted by Gasteiger charge is -2.13. The van der Waals surface area contributed by atoms with Crippen molar-refractivity contribution in [1.29, 1.82) is 0 Å². The van der Waals surface area contributed by atoms with Gasteiger partial charge in [0, 0.05) is 12.6 Å². The fourth-order valence-corrected chi connectivity index (χ4v) is 2.11. The molecule has 0 bridgehead atoms. The smallest absolute Gasteiger partial charge is 0.270 e. The summed E-state index contributed by atoms with van der Waals surface area (Å²) in [5.74, 6) is 0.749. The Bertz CT molecular complexity index is 412. The molecule has 2 N–H and O–H groups in total. The van der Waals surface area contributed by atoms with Crippen LogP contribution in [0.2, 0.25) is 0 Å². The topological polar surface area (TPSA) is 54.0 Å². The van der Waals surface area contributed by atoms with Crippen molar-refractivity contribution in [2.45, 2.75) is 45.6 Å². The molecule has 0 aromatic carbocycles. The number of hydrogen-bond donors (Lipinski definition) is 2. The van der Waals surface area contributed by atoms with Gasteiger partial charge < -0.3 is 10.6 Å². The predicted molar refractivity (Wildman–Crippen MR) is 77.3 cm³/mol. The second-order valence-corrected chi connectivity index (χ2v) is 5.41. The van der Waals surface area contributed by atoms with Gasteiger partial charge in [-0.2, -0.15) is 0 Å². The van der Waals surface area contributed by atoms with E-state index >= 15 is 0 Å². The normalized spacial score (nSPS) is 15.9. The fraction of sp³-hybridized carbons (Fsp3) is 0.600. The van der Waals surface area contributed by atoms with Crippen molar-refractivity contribution < 1.29 is 4.79 Å². The highest BCUT2D eigenvalue weighted by Crippen LogP contribution is 2.33. The number of amides is 1. The summed E-state index contributed by atoms with van der Waals surface area (Å²) in [5.41, 5.74) is 1.45. The zero-order valence-electron chi connectivity index (χ0n) is 11.8. The van der Waals surface area contributed by atoms with Gasteiger partial charge in [0.05, 0.1) is 11.9 Å². The summed E-state index contributed by atoms with van der Waals surface area (Å²) in [6.07, 6.45) is 6.51. The van der Waals surface area contributed by atoms with Crippen LogP contribution in [-0.4, -0.2) is 23.5 Å². The van der Waals surface area contributed by atoms with Crippen molar-refractivity contribution >= 4 is 11.6 Å². The molecule has 1 saturated carbocycles. The number of rotatable bonds is 7. The van der Waals surface area contributed by atoms with Crippen LogP contribution in [0.15, 0.2) is 18.3 Å². The highest BCUT2D eigenvalue weighted by atomic mass is 16.1. The first-order valence-electron chi connectivity index (χ1n) is 7.19. The van der Waals surface area contributed by atoms with E-state index in [0.29, 0.717) is 5.69 Å². The first kappa shape index (κ1) is 13.8. The van der Waals surface area contributed by atoms with E-state index in [-0.39, 0.29) is 11.9 Å². The molecular weight excluding hydrogens is 238 g/mol. The van der Waals surface area contributed by atoms with E-state index in [2.05, 4.69) is 29.5 Å². The third kappa shape index (κ3) is 4.54.